The van der Waals surface area contributed by atoms with Gasteiger partial charge in [0.1, 0.15) is 0 Å². The van der Waals surface area contributed by atoms with E-state index in [4.69, 9.17) is 44.3 Å². The van der Waals surface area contributed by atoms with Crippen molar-refractivity contribution in [2.24, 2.45) is 0 Å². The maximum Gasteiger partial charge on any atom is 0.515 e. The van der Waals surface area contributed by atoms with Crippen LogP contribution in [-0.4, -0.2) is 19.4 Å². The quantitative estimate of drug-likeness (QED) is 0.300. The summed E-state index contributed by atoms with van der Waals surface area (Å²) in [6.45, 7) is 1.73. The highest BCUT2D eigenvalue weighted by Crippen LogP contribution is 2.34. The van der Waals surface area contributed by atoms with Crippen LogP contribution in [0, 0.1) is 0 Å². The number of benzene rings is 2. The van der Waals surface area contributed by atoms with Crippen LogP contribution in [0.5, 0.6) is 5.75 Å². The van der Waals surface area contributed by atoms with Crippen LogP contribution in [0.2, 0.25) is 15.1 Å². The van der Waals surface area contributed by atoms with Gasteiger partial charge in [0.15, 0.2) is 12.0 Å². The third-order valence-electron chi connectivity index (χ3n) is 3.14. The summed E-state index contributed by atoms with van der Waals surface area (Å²) in [4.78, 5) is 13.7. The first-order valence-corrected chi connectivity index (χ1v) is 7.82. The lowest BCUT2D eigenvalue weighted by molar-refractivity contribution is 0.0662. The molecule has 2 aromatic rings. The number of rotatable bonds is 4. The van der Waals surface area contributed by atoms with Crippen molar-refractivity contribution in [2.45, 2.75) is 13.2 Å². The molecule has 7 heteroatoms. The lowest BCUT2D eigenvalue weighted by Crippen LogP contribution is -2.34. The molecule has 0 saturated carbocycles. The van der Waals surface area contributed by atoms with Gasteiger partial charge in [0.2, 0.25) is 0 Å². The van der Waals surface area contributed by atoms with E-state index >= 15 is 0 Å². The highest BCUT2D eigenvalue weighted by Gasteiger charge is 2.18. The lowest BCUT2D eigenvalue weighted by Gasteiger charge is -2.26. The van der Waals surface area contributed by atoms with Crippen molar-refractivity contribution < 1.29 is 14.3 Å². The Morgan fingerprint density at radius 1 is 1.04 bits per heavy atom. The highest BCUT2D eigenvalue weighted by molar-refractivity contribution is 6.43. The van der Waals surface area contributed by atoms with Crippen molar-refractivity contribution in [1.29, 1.82) is 0 Å². The molecule has 0 aliphatic carbocycles. The Hall–Kier alpha value is -1.62. The summed E-state index contributed by atoms with van der Waals surface area (Å²) >= 11 is 17.7. The normalized spacial score (nSPS) is 11.7. The van der Waals surface area contributed by atoms with Gasteiger partial charge in [-0.05, 0) is 25.1 Å². The molecular formula is C16H14Cl3NO3. The number of ether oxygens (including phenoxy) is 2. The van der Waals surface area contributed by atoms with Crippen LogP contribution >= 0.6 is 34.8 Å². The van der Waals surface area contributed by atoms with Gasteiger partial charge in [0.25, 0.3) is 0 Å². The van der Waals surface area contributed by atoms with E-state index in [2.05, 4.69) is 0 Å². The predicted octanol–water partition coefficient (Wildman–Crippen LogP) is 5.64. The first-order valence-electron chi connectivity index (χ1n) is 6.69. The summed E-state index contributed by atoms with van der Waals surface area (Å²) in [5.41, 5.74) is 0.903. The summed E-state index contributed by atoms with van der Waals surface area (Å²) in [6.07, 6.45) is -1.42. The van der Waals surface area contributed by atoms with Gasteiger partial charge in [0.05, 0.1) is 15.1 Å². The number of para-hydroxylation sites is 1. The fourth-order valence-corrected chi connectivity index (χ4v) is 2.36. The largest absolute Gasteiger partial charge is 0.515 e. The maximum absolute atomic E-state index is 11.9. The zero-order chi connectivity index (χ0) is 17.0. The molecule has 0 bridgehead atoms. The summed E-state index contributed by atoms with van der Waals surface area (Å²) in [5.74, 6) is 0.0839. The number of hydrogen-bond donors (Lipinski definition) is 0. The molecule has 1 atom stereocenters. The standard InChI is InChI=1S/C16H14Cl3NO3/c1-10(20(2)11-6-4-3-5-7-11)22-16(21)23-15-9-13(18)12(17)8-14(15)19/h3-10H,1-2H3. The molecular weight excluding hydrogens is 361 g/mol. The van der Waals surface area contributed by atoms with Gasteiger partial charge in [-0.25, -0.2) is 4.79 Å². The van der Waals surface area contributed by atoms with Gasteiger partial charge < -0.3 is 14.4 Å². The van der Waals surface area contributed by atoms with Crippen LogP contribution < -0.4 is 9.64 Å². The molecule has 2 aromatic carbocycles. The van der Waals surface area contributed by atoms with Crippen molar-refractivity contribution in [1.82, 2.24) is 0 Å². The number of halogens is 3. The first kappa shape index (κ1) is 17.7. The van der Waals surface area contributed by atoms with Crippen molar-refractivity contribution >= 4 is 46.6 Å². The minimum atomic E-state index is -0.888. The third-order valence-corrected chi connectivity index (χ3v) is 4.16. The molecule has 4 nitrogen and oxygen atoms in total. The average Bonchev–Trinajstić information content (AvgIpc) is 2.52. The zero-order valence-corrected chi connectivity index (χ0v) is 14.7. The second-order valence-corrected chi connectivity index (χ2v) is 5.93. The Morgan fingerprint density at radius 2 is 1.65 bits per heavy atom. The molecule has 0 amide bonds. The Morgan fingerprint density at radius 3 is 2.30 bits per heavy atom. The molecule has 0 aromatic heterocycles. The van der Waals surface area contributed by atoms with E-state index < -0.39 is 12.4 Å². The SMILES string of the molecule is CC(OC(=O)Oc1cc(Cl)c(Cl)cc1Cl)N(C)c1ccccc1. The van der Waals surface area contributed by atoms with Crippen LogP contribution in [0.3, 0.4) is 0 Å². The van der Waals surface area contributed by atoms with E-state index in [0.717, 1.165) is 5.69 Å². The lowest BCUT2D eigenvalue weighted by atomic mass is 10.3. The molecule has 0 saturated heterocycles. The molecule has 122 valence electrons. The van der Waals surface area contributed by atoms with E-state index in [-0.39, 0.29) is 20.8 Å². The maximum atomic E-state index is 11.9. The van der Waals surface area contributed by atoms with Gasteiger partial charge >= 0.3 is 6.16 Å². The topological polar surface area (TPSA) is 38.8 Å². The van der Waals surface area contributed by atoms with Crippen LogP contribution in [0.25, 0.3) is 0 Å². The second kappa shape index (κ2) is 7.77. The highest BCUT2D eigenvalue weighted by atomic mass is 35.5. The van der Waals surface area contributed by atoms with Gasteiger partial charge in [-0.3, -0.25) is 0 Å². The number of hydrogen-bond acceptors (Lipinski definition) is 4. The minimum absolute atomic E-state index is 0.0839. The number of carbonyl (C=O) groups excluding carboxylic acids is 1. The first-order chi connectivity index (χ1) is 10.9. The van der Waals surface area contributed by atoms with Crippen molar-refractivity contribution in [3.63, 3.8) is 0 Å². The van der Waals surface area contributed by atoms with E-state index in [1.807, 2.05) is 30.3 Å². The van der Waals surface area contributed by atoms with Crippen LogP contribution in [0.15, 0.2) is 42.5 Å². The van der Waals surface area contributed by atoms with Gasteiger partial charge in [-0.2, -0.15) is 0 Å². The number of carbonyl (C=O) groups is 1. The summed E-state index contributed by atoms with van der Waals surface area (Å²) < 4.78 is 10.3. The van der Waals surface area contributed by atoms with Crippen molar-refractivity contribution in [3.8, 4) is 5.75 Å². The van der Waals surface area contributed by atoms with Crippen LogP contribution in [0.1, 0.15) is 6.92 Å². The molecule has 0 heterocycles. The van der Waals surface area contributed by atoms with Crippen LogP contribution in [-0.2, 0) is 4.74 Å². The molecule has 0 radical (unpaired) electrons. The summed E-state index contributed by atoms with van der Waals surface area (Å²) in [7, 11) is 1.80. The van der Waals surface area contributed by atoms with Crippen molar-refractivity contribution in [2.75, 3.05) is 11.9 Å². The average molecular weight is 375 g/mol. The molecule has 0 N–H and O–H groups in total. The Kier molecular flexibility index (Phi) is 5.99. The van der Waals surface area contributed by atoms with Gasteiger partial charge in [0, 0.05) is 18.8 Å². The number of nitrogens with zero attached hydrogens (tertiary/aromatic N) is 1. The smallest absolute Gasteiger partial charge is 0.410 e. The summed E-state index contributed by atoms with van der Waals surface area (Å²) in [5, 5.41) is 0.670. The Balaban J connectivity index is 2.01. The zero-order valence-electron chi connectivity index (χ0n) is 12.4. The van der Waals surface area contributed by atoms with E-state index in [1.165, 1.54) is 12.1 Å². The molecule has 1 unspecified atom stereocenters. The van der Waals surface area contributed by atoms with Crippen LogP contribution in [0.4, 0.5) is 10.5 Å². The van der Waals surface area contributed by atoms with Gasteiger partial charge in [-0.1, -0.05) is 53.0 Å². The van der Waals surface area contributed by atoms with E-state index in [1.54, 1.807) is 18.9 Å². The Bertz CT molecular complexity index is 694. The molecule has 0 fully saturated rings. The third kappa shape index (κ3) is 4.67. The molecule has 0 aliphatic rings. The molecule has 2 rings (SSSR count). The predicted molar refractivity (Wildman–Crippen MR) is 92.9 cm³/mol. The fourth-order valence-electron chi connectivity index (χ4n) is 1.79. The monoisotopic (exact) mass is 373 g/mol. The van der Waals surface area contributed by atoms with Gasteiger partial charge in [-0.15, -0.1) is 0 Å². The molecule has 0 aliphatic heterocycles. The number of anilines is 1. The summed E-state index contributed by atoms with van der Waals surface area (Å²) in [6, 6.07) is 12.3. The minimum Gasteiger partial charge on any atom is -0.410 e. The van der Waals surface area contributed by atoms with E-state index in [9.17, 15) is 4.79 Å². The Labute approximate surface area is 149 Å². The fraction of sp³-hybridized carbons (Fsp3) is 0.188. The van der Waals surface area contributed by atoms with Crippen molar-refractivity contribution in [3.05, 3.63) is 57.5 Å². The molecule has 23 heavy (non-hydrogen) atoms. The second-order valence-electron chi connectivity index (χ2n) is 4.71. The van der Waals surface area contributed by atoms with E-state index in [0.29, 0.717) is 0 Å². The molecule has 0 spiro atoms.